The highest BCUT2D eigenvalue weighted by Gasteiger charge is 2.23. The maximum atomic E-state index is 11.4. The summed E-state index contributed by atoms with van der Waals surface area (Å²) in [7, 11) is 1.96. The number of carboxylic acid groups (broad SMARTS) is 1. The minimum atomic E-state index is -0.973. The molecule has 0 amide bonds. The molecule has 0 aliphatic heterocycles. The lowest BCUT2D eigenvalue weighted by molar-refractivity contribution is 0.0696. The molecule has 0 spiro atoms. The molecule has 0 fully saturated rings. The van der Waals surface area contributed by atoms with Crippen LogP contribution in [0, 0.1) is 19.8 Å². The number of nitrogens with zero attached hydrogens (tertiary/aromatic N) is 4. The summed E-state index contributed by atoms with van der Waals surface area (Å²) in [6, 6.07) is 14.9. The molecule has 0 aliphatic carbocycles. The summed E-state index contributed by atoms with van der Waals surface area (Å²) in [5.74, 6) is 0.341. The number of aromatic nitrogens is 4. The van der Waals surface area contributed by atoms with E-state index in [0.717, 1.165) is 39.4 Å². The number of aryl methyl sites for hydroxylation is 3. The number of hydrogen-bond acceptors (Lipinski definition) is 8. The highest BCUT2D eigenvalue weighted by Crippen LogP contribution is 2.30. The van der Waals surface area contributed by atoms with Crippen molar-refractivity contribution >= 4 is 23.9 Å². The fourth-order valence-electron chi connectivity index (χ4n) is 5.21. The van der Waals surface area contributed by atoms with Gasteiger partial charge in [-0.2, -0.15) is 10.1 Å². The topological polar surface area (TPSA) is 114 Å². The van der Waals surface area contributed by atoms with E-state index in [4.69, 9.17) is 14.8 Å². The number of rotatable bonds is 13. The van der Waals surface area contributed by atoms with Crippen LogP contribution in [0.25, 0.3) is 11.3 Å². The van der Waals surface area contributed by atoms with Crippen LogP contribution < -0.4 is 14.8 Å². The zero-order chi connectivity index (χ0) is 32.0. The van der Waals surface area contributed by atoms with Crippen LogP contribution in [0.5, 0.6) is 5.88 Å². The molecule has 0 unspecified atom stereocenters. The molecule has 10 heteroatoms. The lowest BCUT2D eigenvalue weighted by Gasteiger charge is -2.23. The van der Waals surface area contributed by atoms with Crippen molar-refractivity contribution < 1.29 is 14.6 Å². The normalized spacial score (nSPS) is 12.4. The Balaban J connectivity index is 1.57. The van der Waals surface area contributed by atoms with Gasteiger partial charge >= 0.3 is 5.97 Å². The summed E-state index contributed by atoms with van der Waals surface area (Å²) in [6.07, 6.45) is 3.02. The van der Waals surface area contributed by atoms with Crippen LogP contribution in [0.15, 0.2) is 59.6 Å². The lowest BCUT2D eigenvalue weighted by Crippen LogP contribution is -2.36. The van der Waals surface area contributed by atoms with Crippen LogP contribution in [-0.4, -0.2) is 43.5 Å². The Morgan fingerprint density at radius 2 is 1.77 bits per heavy atom. The Morgan fingerprint density at radius 3 is 2.43 bits per heavy atom. The zero-order valence-corrected chi connectivity index (χ0v) is 27.7. The molecule has 2 aromatic heterocycles. The van der Waals surface area contributed by atoms with Crippen molar-refractivity contribution in [2.75, 3.05) is 11.3 Å². The van der Waals surface area contributed by atoms with Gasteiger partial charge in [-0.1, -0.05) is 58.9 Å². The van der Waals surface area contributed by atoms with Gasteiger partial charge in [0.2, 0.25) is 11.8 Å². The number of hydrogen-bond donors (Lipinski definition) is 3. The molecule has 1 atom stereocenters. The average Bonchev–Trinajstić information content (AvgIpc) is 3.34. The van der Waals surface area contributed by atoms with E-state index in [1.54, 1.807) is 18.2 Å². The molecule has 4 aromatic rings. The number of carbonyl (C=O) groups is 1. The van der Waals surface area contributed by atoms with E-state index in [0.29, 0.717) is 30.9 Å². The monoisotopic (exact) mass is 616 g/mol. The predicted molar refractivity (Wildman–Crippen MR) is 177 cm³/mol. The summed E-state index contributed by atoms with van der Waals surface area (Å²) in [5.41, 5.74) is 6.44. The summed E-state index contributed by atoms with van der Waals surface area (Å²) >= 11 is 1.26. The molecule has 0 radical (unpaired) electrons. The van der Waals surface area contributed by atoms with Crippen LogP contribution >= 0.6 is 11.9 Å². The molecule has 9 nitrogen and oxygen atoms in total. The maximum Gasteiger partial charge on any atom is 0.335 e. The van der Waals surface area contributed by atoms with Crippen molar-refractivity contribution in [3.05, 3.63) is 82.7 Å². The quantitative estimate of drug-likeness (QED) is 0.134. The van der Waals surface area contributed by atoms with Gasteiger partial charge in [0.15, 0.2) is 0 Å². The van der Waals surface area contributed by atoms with E-state index in [-0.39, 0.29) is 17.0 Å². The number of anilines is 1. The third kappa shape index (κ3) is 8.83. The smallest absolute Gasteiger partial charge is 0.335 e. The van der Waals surface area contributed by atoms with Crippen molar-refractivity contribution in [1.29, 1.82) is 0 Å². The van der Waals surface area contributed by atoms with Gasteiger partial charge < -0.3 is 15.2 Å². The van der Waals surface area contributed by atoms with Crippen LogP contribution in [0.3, 0.4) is 0 Å². The summed E-state index contributed by atoms with van der Waals surface area (Å²) in [4.78, 5) is 21.7. The van der Waals surface area contributed by atoms with Gasteiger partial charge in [0.05, 0.1) is 17.0 Å². The van der Waals surface area contributed by atoms with E-state index in [1.165, 1.54) is 17.5 Å². The van der Waals surface area contributed by atoms with Gasteiger partial charge in [-0.15, -0.1) is 0 Å². The van der Waals surface area contributed by atoms with Crippen molar-refractivity contribution in [2.24, 2.45) is 13.0 Å². The first-order chi connectivity index (χ1) is 20.8. The first-order valence-corrected chi connectivity index (χ1v) is 15.7. The average molecular weight is 617 g/mol. The zero-order valence-electron chi connectivity index (χ0n) is 26.9. The SMILES string of the molecule is Cc1cccc(C)c1-c1cc(OC[C@@H](CC(C)C)NCc2cn(C)nc2C(C)(C)C)nc(NSc2cccc(C(=O)O)c2)n1. The highest BCUT2D eigenvalue weighted by atomic mass is 32.2. The van der Waals surface area contributed by atoms with Crippen molar-refractivity contribution in [1.82, 2.24) is 25.1 Å². The Bertz CT molecular complexity index is 1570. The molecule has 2 aromatic carbocycles. The molecular weight excluding hydrogens is 572 g/mol. The van der Waals surface area contributed by atoms with Gasteiger partial charge in [0.25, 0.3) is 0 Å². The second-order valence-corrected chi connectivity index (χ2v) is 13.5. The second kappa shape index (κ2) is 14.3. The van der Waals surface area contributed by atoms with Gasteiger partial charge in [0.1, 0.15) is 6.61 Å². The molecule has 0 bridgehead atoms. The highest BCUT2D eigenvalue weighted by molar-refractivity contribution is 8.00. The van der Waals surface area contributed by atoms with Crippen molar-refractivity contribution in [3.63, 3.8) is 0 Å². The van der Waals surface area contributed by atoms with E-state index in [9.17, 15) is 9.90 Å². The lowest BCUT2D eigenvalue weighted by atomic mass is 9.89. The third-order valence-corrected chi connectivity index (χ3v) is 7.94. The van der Waals surface area contributed by atoms with E-state index >= 15 is 0 Å². The van der Waals surface area contributed by atoms with Gasteiger partial charge in [0, 0.05) is 53.3 Å². The summed E-state index contributed by atoms with van der Waals surface area (Å²) in [6.45, 7) is 16.2. The molecule has 4 rings (SSSR count). The summed E-state index contributed by atoms with van der Waals surface area (Å²) < 4.78 is 11.5. The maximum absolute atomic E-state index is 11.4. The van der Waals surface area contributed by atoms with Crippen LogP contribution in [-0.2, 0) is 19.0 Å². The second-order valence-electron chi connectivity index (χ2n) is 12.7. The fraction of sp³-hybridized carbons (Fsp3) is 0.412. The van der Waals surface area contributed by atoms with Gasteiger partial charge in [-0.3, -0.25) is 9.40 Å². The van der Waals surface area contributed by atoms with Crippen molar-refractivity contribution in [2.45, 2.75) is 77.8 Å². The van der Waals surface area contributed by atoms with Crippen LogP contribution in [0.1, 0.15) is 73.8 Å². The number of aromatic carboxylic acids is 1. The molecule has 3 N–H and O–H groups in total. The minimum absolute atomic E-state index is 0.0519. The number of ether oxygens (including phenoxy) is 1. The number of carboxylic acids is 1. The molecule has 2 heterocycles. The minimum Gasteiger partial charge on any atom is -0.478 e. The van der Waals surface area contributed by atoms with E-state index in [1.807, 2.05) is 29.9 Å². The Kier molecular flexibility index (Phi) is 10.7. The molecule has 0 saturated carbocycles. The first-order valence-electron chi connectivity index (χ1n) is 14.9. The molecule has 0 saturated heterocycles. The van der Waals surface area contributed by atoms with Gasteiger partial charge in [-0.25, -0.2) is 9.78 Å². The Morgan fingerprint density at radius 1 is 1.07 bits per heavy atom. The van der Waals surface area contributed by atoms with E-state index in [2.05, 4.69) is 81.8 Å². The van der Waals surface area contributed by atoms with E-state index < -0.39 is 5.97 Å². The summed E-state index contributed by atoms with van der Waals surface area (Å²) in [5, 5.41) is 17.8. The van der Waals surface area contributed by atoms with Gasteiger partial charge in [-0.05, 0) is 67.5 Å². The molecule has 234 valence electrons. The predicted octanol–water partition coefficient (Wildman–Crippen LogP) is 7.19. The van der Waals surface area contributed by atoms with Crippen LogP contribution in [0.4, 0.5) is 5.95 Å². The molecule has 44 heavy (non-hydrogen) atoms. The molecular formula is C34H44N6O3S. The van der Waals surface area contributed by atoms with Crippen molar-refractivity contribution in [3.8, 4) is 17.1 Å². The molecule has 0 aliphatic rings. The Hall–Kier alpha value is -3.89. The number of benzene rings is 2. The number of nitrogens with one attached hydrogen (secondary N) is 2. The first kappa shape index (κ1) is 33.0. The largest absolute Gasteiger partial charge is 0.478 e. The third-order valence-electron chi connectivity index (χ3n) is 7.17. The fourth-order valence-corrected chi connectivity index (χ4v) is 5.84. The van der Waals surface area contributed by atoms with Crippen LogP contribution in [0.2, 0.25) is 0 Å². The Labute approximate surface area is 265 Å². The standard InChI is InChI=1S/C34H44N6O3S/c1-21(2)15-26(35-18-25-19-40(8)38-31(25)34(5,6)7)20-43-29-17-28(30-22(3)11-9-12-23(30)4)36-33(37-29)39-44-27-14-10-13-24(16-27)32(41)42/h9-14,16-17,19,21,26,35H,15,18,20H2,1-8H3,(H,41,42)(H,36,37,39)/t26-/m1/s1.